The van der Waals surface area contributed by atoms with Gasteiger partial charge in [0.05, 0.1) is 0 Å². The molecule has 112 valence electrons. The Hall–Kier alpha value is -2.15. The van der Waals surface area contributed by atoms with E-state index in [1.807, 2.05) is 25.2 Å². The Labute approximate surface area is 128 Å². The van der Waals surface area contributed by atoms with Crippen molar-refractivity contribution in [2.24, 2.45) is 0 Å². The van der Waals surface area contributed by atoms with Gasteiger partial charge in [0, 0.05) is 32.9 Å². The van der Waals surface area contributed by atoms with Crippen LogP contribution in [0.4, 0.5) is 10.8 Å². The van der Waals surface area contributed by atoms with E-state index in [0.29, 0.717) is 16.7 Å². The molecule has 6 nitrogen and oxygen atoms in total. The topological polar surface area (TPSA) is 70.1 Å². The average molecular weight is 305 g/mol. The monoisotopic (exact) mass is 305 g/mol. The van der Waals surface area contributed by atoms with Gasteiger partial charge in [0.15, 0.2) is 0 Å². The van der Waals surface area contributed by atoms with Gasteiger partial charge in [0.2, 0.25) is 10.1 Å². The summed E-state index contributed by atoms with van der Waals surface area (Å²) in [6.07, 6.45) is 0.870. The van der Waals surface area contributed by atoms with E-state index in [4.69, 9.17) is 0 Å². The molecule has 0 saturated heterocycles. The normalized spacial score (nSPS) is 10.2. The molecule has 7 heteroatoms. The van der Waals surface area contributed by atoms with Gasteiger partial charge in [-0.25, -0.2) is 0 Å². The molecule has 0 atom stereocenters. The summed E-state index contributed by atoms with van der Waals surface area (Å²) >= 11 is 1.25. The number of hydrogen-bond acceptors (Lipinski definition) is 6. The van der Waals surface area contributed by atoms with Crippen LogP contribution in [0.15, 0.2) is 30.3 Å². The molecule has 0 radical (unpaired) electrons. The molecule has 0 fully saturated rings. The molecular formula is C14H19N5OS. The van der Waals surface area contributed by atoms with Crippen LogP contribution >= 0.6 is 11.3 Å². The minimum atomic E-state index is -0.170. The number of nitrogens with one attached hydrogen (secondary N) is 2. The highest BCUT2D eigenvalue weighted by atomic mass is 32.1. The van der Waals surface area contributed by atoms with Crippen molar-refractivity contribution in [3.8, 4) is 0 Å². The quantitative estimate of drug-likeness (QED) is 0.764. The molecular weight excluding hydrogens is 286 g/mol. The minimum absolute atomic E-state index is 0.170. The van der Waals surface area contributed by atoms with Crippen molar-refractivity contribution in [2.75, 3.05) is 37.4 Å². The zero-order valence-electron chi connectivity index (χ0n) is 12.2. The van der Waals surface area contributed by atoms with Crippen molar-refractivity contribution >= 4 is 28.1 Å². The molecule has 0 unspecified atom stereocenters. The third-order valence-corrected chi connectivity index (χ3v) is 3.93. The molecule has 1 amide bonds. The van der Waals surface area contributed by atoms with Gasteiger partial charge >= 0.3 is 0 Å². The third kappa shape index (κ3) is 4.42. The van der Waals surface area contributed by atoms with E-state index in [1.54, 1.807) is 7.05 Å². The van der Waals surface area contributed by atoms with E-state index in [0.717, 1.165) is 13.0 Å². The van der Waals surface area contributed by atoms with Crippen molar-refractivity contribution in [3.05, 3.63) is 35.3 Å². The first-order valence-corrected chi connectivity index (χ1v) is 7.58. The number of para-hydroxylation sites is 1. The van der Waals surface area contributed by atoms with Gasteiger partial charge in [-0.3, -0.25) is 4.79 Å². The Morgan fingerprint density at radius 3 is 2.71 bits per heavy atom. The summed E-state index contributed by atoms with van der Waals surface area (Å²) in [5.74, 6) is -0.170. The Morgan fingerprint density at radius 2 is 2.05 bits per heavy atom. The summed E-state index contributed by atoms with van der Waals surface area (Å²) in [5, 5.41) is 14.4. The number of benzene rings is 1. The first-order valence-electron chi connectivity index (χ1n) is 6.76. The van der Waals surface area contributed by atoms with Crippen molar-refractivity contribution in [3.63, 3.8) is 0 Å². The fraction of sp³-hybridized carbons (Fsp3) is 0.357. The predicted octanol–water partition coefficient (Wildman–Crippen LogP) is 1.84. The highest BCUT2D eigenvalue weighted by Crippen LogP contribution is 2.14. The first kappa shape index (κ1) is 15.2. The van der Waals surface area contributed by atoms with Crippen molar-refractivity contribution < 1.29 is 4.79 Å². The summed E-state index contributed by atoms with van der Waals surface area (Å²) in [7, 11) is 3.79. The van der Waals surface area contributed by atoms with E-state index in [2.05, 4.69) is 37.9 Å². The standard InChI is InChI=1S/C14H19N5OS/c1-15-14-18-17-13(21-14)12(20)16-9-6-10-19(2)11-7-4-3-5-8-11/h3-5,7-8H,6,9-10H2,1-2H3,(H,15,18)(H,16,20). The number of carbonyl (C=O) groups excluding carboxylic acids is 1. The van der Waals surface area contributed by atoms with Crippen LogP contribution in [0.1, 0.15) is 16.2 Å². The van der Waals surface area contributed by atoms with Crippen molar-refractivity contribution in [1.29, 1.82) is 0 Å². The molecule has 1 heterocycles. The fourth-order valence-electron chi connectivity index (χ4n) is 1.82. The molecule has 0 spiro atoms. The number of aromatic nitrogens is 2. The van der Waals surface area contributed by atoms with E-state index in [1.165, 1.54) is 17.0 Å². The lowest BCUT2D eigenvalue weighted by Gasteiger charge is -2.19. The Bertz CT molecular complexity index is 572. The van der Waals surface area contributed by atoms with Gasteiger partial charge in [-0.2, -0.15) is 0 Å². The average Bonchev–Trinajstić information content (AvgIpc) is 3.01. The molecule has 1 aromatic heterocycles. The number of carbonyl (C=O) groups is 1. The van der Waals surface area contributed by atoms with Crippen LogP contribution in [0.2, 0.25) is 0 Å². The first-order chi connectivity index (χ1) is 10.2. The predicted molar refractivity (Wildman–Crippen MR) is 86.1 cm³/mol. The van der Waals surface area contributed by atoms with Crippen LogP contribution in [-0.4, -0.2) is 43.3 Å². The molecule has 0 aliphatic carbocycles. The molecule has 1 aromatic carbocycles. The molecule has 0 bridgehead atoms. The van der Waals surface area contributed by atoms with Crippen LogP contribution < -0.4 is 15.5 Å². The highest BCUT2D eigenvalue weighted by Gasteiger charge is 2.11. The molecule has 0 saturated carbocycles. The minimum Gasteiger partial charge on any atom is -0.375 e. The summed E-state index contributed by atoms with van der Waals surface area (Å²) < 4.78 is 0. The van der Waals surface area contributed by atoms with Gasteiger partial charge in [-0.05, 0) is 18.6 Å². The number of rotatable bonds is 7. The van der Waals surface area contributed by atoms with Gasteiger partial charge in [-0.15, -0.1) is 10.2 Å². The maximum Gasteiger partial charge on any atom is 0.282 e. The molecule has 0 aliphatic rings. The van der Waals surface area contributed by atoms with Gasteiger partial charge in [0.1, 0.15) is 0 Å². The second kappa shape index (κ2) is 7.58. The second-order valence-corrected chi connectivity index (χ2v) is 5.51. The molecule has 2 rings (SSSR count). The summed E-state index contributed by atoms with van der Waals surface area (Å²) in [4.78, 5) is 14.0. The molecule has 0 aliphatic heterocycles. The van der Waals surface area contributed by atoms with Crippen LogP contribution in [0.5, 0.6) is 0 Å². The molecule has 21 heavy (non-hydrogen) atoms. The second-order valence-electron chi connectivity index (χ2n) is 4.53. The maximum atomic E-state index is 11.8. The Morgan fingerprint density at radius 1 is 1.29 bits per heavy atom. The van der Waals surface area contributed by atoms with E-state index in [9.17, 15) is 4.79 Å². The smallest absolute Gasteiger partial charge is 0.282 e. The lowest BCUT2D eigenvalue weighted by molar-refractivity contribution is 0.0952. The number of amides is 1. The number of nitrogens with zero attached hydrogens (tertiary/aromatic N) is 3. The Balaban J connectivity index is 1.71. The van der Waals surface area contributed by atoms with Crippen molar-refractivity contribution in [1.82, 2.24) is 15.5 Å². The summed E-state index contributed by atoms with van der Waals surface area (Å²) in [6.45, 7) is 1.49. The van der Waals surface area contributed by atoms with E-state index < -0.39 is 0 Å². The molecule has 2 N–H and O–H groups in total. The van der Waals surface area contributed by atoms with Gasteiger partial charge in [0.25, 0.3) is 5.91 Å². The van der Waals surface area contributed by atoms with Gasteiger partial charge in [-0.1, -0.05) is 29.5 Å². The van der Waals surface area contributed by atoms with E-state index in [-0.39, 0.29) is 5.91 Å². The Kier molecular flexibility index (Phi) is 5.51. The zero-order chi connectivity index (χ0) is 15.1. The zero-order valence-corrected chi connectivity index (χ0v) is 13.0. The highest BCUT2D eigenvalue weighted by molar-refractivity contribution is 7.17. The molecule has 2 aromatic rings. The summed E-state index contributed by atoms with van der Waals surface area (Å²) in [6, 6.07) is 10.2. The summed E-state index contributed by atoms with van der Waals surface area (Å²) in [5.41, 5.74) is 1.17. The van der Waals surface area contributed by atoms with Crippen molar-refractivity contribution in [2.45, 2.75) is 6.42 Å². The largest absolute Gasteiger partial charge is 0.375 e. The van der Waals surface area contributed by atoms with E-state index >= 15 is 0 Å². The SMILES string of the molecule is CNc1nnc(C(=O)NCCCN(C)c2ccccc2)s1. The van der Waals surface area contributed by atoms with Crippen LogP contribution in [0, 0.1) is 0 Å². The number of anilines is 2. The number of hydrogen-bond donors (Lipinski definition) is 2. The van der Waals surface area contributed by atoms with Crippen LogP contribution in [-0.2, 0) is 0 Å². The van der Waals surface area contributed by atoms with Crippen LogP contribution in [0.3, 0.4) is 0 Å². The third-order valence-electron chi connectivity index (χ3n) is 2.99. The van der Waals surface area contributed by atoms with Gasteiger partial charge < -0.3 is 15.5 Å². The van der Waals surface area contributed by atoms with Crippen LogP contribution in [0.25, 0.3) is 0 Å². The fourth-order valence-corrected chi connectivity index (χ4v) is 2.43. The lowest BCUT2D eigenvalue weighted by Crippen LogP contribution is -2.28. The lowest BCUT2D eigenvalue weighted by atomic mass is 10.3. The maximum absolute atomic E-state index is 11.8.